The number of ether oxygens (including phenoxy) is 1. The van der Waals surface area contributed by atoms with Crippen LogP contribution in [0.4, 0.5) is 0 Å². The van der Waals surface area contributed by atoms with Crippen molar-refractivity contribution in [1.29, 1.82) is 0 Å². The maximum absolute atomic E-state index is 5.58. The summed E-state index contributed by atoms with van der Waals surface area (Å²) in [5.41, 5.74) is 2.36. The van der Waals surface area contributed by atoms with Crippen LogP contribution < -0.4 is 5.32 Å². The van der Waals surface area contributed by atoms with Gasteiger partial charge in [0.2, 0.25) is 0 Å². The van der Waals surface area contributed by atoms with Gasteiger partial charge in [-0.1, -0.05) is 26.0 Å². The summed E-state index contributed by atoms with van der Waals surface area (Å²) >= 11 is 0. The van der Waals surface area contributed by atoms with Gasteiger partial charge in [-0.3, -0.25) is 0 Å². The second-order valence-corrected chi connectivity index (χ2v) is 5.59. The van der Waals surface area contributed by atoms with Gasteiger partial charge in [0.25, 0.3) is 0 Å². The summed E-state index contributed by atoms with van der Waals surface area (Å²) in [6.07, 6.45) is 4.87. The summed E-state index contributed by atoms with van der Waals surface area (Å²) in [5, 5.41) is 7.61. The molecule has 21 heavy (non-hydrogen) atoms. The van der Waals surface area contributed by atoms with Gasteiger partial charge in [-0.05, 0) is 36.1 Å². The molecule has 1 aromatic carbocycles. The molecule has 0 bridgehead atoms. The van der Waals surface area contributed by atoms with Crippen LogP contribution >= 0.6 is 0 Å². The van der Waals surface area contributed by atoms with E-state index in [1.54, 1.807) is 6.20 Å². The minimum Gasteiger partial charge on any atom is -0.380 e. The first-order valence-electron chi connectivity index (χ1n) is 7.63. The molecular weight excluding hydrogens is 262 g/mol. The third kappa shape index (κ3) is 5.69. The Bertz CT molecular complexity index is 491. The lowest BCUT2D eigenvalue weighted by Gasteiger charge is -2.08. The Labute approximate surface area is 127 Å². The van der Waals surface area contributed by atoms with Crippen LogP contribution in [-0.4, -0.2) is 29.5 Å². The normalized spacial score (nSPS) is 11.2. The molecule has 1 N–H and O–H groups in total. The summed E-state index contributed by atoms with van der Waals surface area (Å²) < 4.78 is 7.44. The molecule has 0 unspecified atom stereocenters. The maximum Gasteiger partial charge on any atom is 0.0645 e. The van der Waals surface area contributed by atoms with Crippen LogP contribution in [0.1, 0.15) is 25.8 Å². The van der Waals surface area contributed by atoms with E-state index in [2.05, 4.69) is 48.5 Å². The van der Waals surface area contributed by atoms with E-state index in [1.807, 2.05) is 16.9 Å². The second kappa shape index (κ2) is 8.60. The van der Waals surface area contributed by atoms with E-state index in [9.17, 15) is 0 Å². The fourth-order valence-electron chi connectivity index (χ4n) is 1.99. The van der Waals surface area contributed by atoms with Gasteiger partial charge < -0.3 is 10.1 Å². The van der Waals surface area contributed by atoms with Crippen LogP contribution in [0.3, 0.4) is 0 Å². The van der Waals surface area contributed by atoms with Crippen molar-refractivity contribution in [1.82, 2.24) is 15.1 Å². The Balaban J connectivity index is 1.63. The first kappa shape index (κ1) is 15.7. The molecule has 1 heterocycles. The van der Waals surface area contributed by atoms with Crippen LogP contribution in [0, 0.1) is 5.92 Å². The SMILES string of the molecule is CC(C)CCOCCNCc1ccc(-n2cccn2)cc1. The van der Waals surface area contributed by atoms with Crippen molar-refractivity contribution in [3.05, 3.63) is 48.3 Å². The smallest absolute Gasteiger partial charge is 0.0645 e. The number of hydrogen-bond donors (Lipinski definition) is 1. The predicted octanol–water partition coefficient (Wildman–Crippen LogP) is 3.02. The summed E-state index contributed by atoms with van der Waals surface area (Å²) in [4.78, 5) is 0. The Morgan fingerprint density at radius 2 is 2.00 bits per heavy atom. The molecule has 0 atom stereocenters. The van der Waals surface area contributed by atoms with Crippen LogP contribution in [-0.2, 0) is 11.3 Å². The van der Waals surface area contributed by atoms with Crippen molar-refractivity contribution in [2.24, 2.45) is 5.92 Å². The van der Waals surface area contributed by atoms with E-state index >= 15 is 0 Å². The molecule has 4 nitrogen and oxygen atoms in total. The van der Waals surface area contributed by atoms with Gasteiger partial charge >= 0.3 is 0 Å². The van der Waals surface area contributed by atoms with Crippen molar-refractivity contribution in [3.63, 3.8) is 0 Å². The van der Waals surface area contributed by atoms with E-state index in [0.29, 0.717) is 5.92 Å². The van der Waals surface area contributed by atoms with Crippen molar-refractivity contribution in [2.45, 2.75) is 26.8 Å². The Morgan fingerprint density at radius 3 is 2.67 bits per heavy atom. The Hall–Kier alpha value is -1.65. The summed E-state index contributed by atoms with van der Waals surface area (Å²) in [6, 6.07) is 10.4. The molecule has 0 saturated carbocycles. The third-order valence-electron chi connectivity index (χ3n) is 3.30. The fourth-order valence-corrected chi connectivity index (χ4v) is 1.99. The molecule has 0 fully saturated rings. The second-order valence-electron chi connectivity index (χ2n) is 5.59. The number of benzene rings is 1. The summed E-state index contributed by atoms with van der Waals surface area (Å²) in [6.45, 7) is 7.82. The minimum atomic E-state index is 0.714. The zero-order valence-electron chi connectivity index (χ0n) is 13.0. The van der Waals surface area contributed by atoms with Gasteiger partial charge in [0, 0.05) is 32.1 Å². The highest BCUT2D eigenvalue weighted by atomic mass is 16.5. The molecule has 0 spiro atoms. The highest BCUT2D eigenvalue weighted by molar-refractivity contribution is 5.33. The Kier molecular flexibility index (Phi) is 6.44. The molecule has 2 rings (SSSR count). The molecule has 0 aliphatic carbocycles. The Morgan fingerprint density at radius 1 is 1.19 bits per heavy atom. The van der Waals surface area contributed by atoms with Gasteiger partial charge in [0.15, 0.2) is 0 Å². The number of rotatable bonds is 9. The highest BCUT2D eigenvalue weighted by Gasteiger charge is 1.97. The number of nitrogens with one attached hydrogen (secondary N) is 1. The standard InChI is InChI=1S/C17H25N3O/c1-15(2)8-12-21-13-10-18-14-16-4-6-17(7-5-16)20-11-3-9-19-20/h3-7,9,11,15,18H,8,10,12-14H2,1-2H3. The molecule has 0 radical (unpaired) electrons. The topological polar surface area (TPSA) is 39.1 Å². The molecule has 114 valence electrons. The molecule has 0 amide bonds. The van der Waals surface area contributed by atoms with Crippen LogP contribution in [0.2, 0.25) is 0 Å². The number of aromatic nitrogens is 2. The zero-order valence-corrected chi connectivity index (χ0v) is 13.0. The zero-order chi connectivity index (χ0) is 14.9. The van der Waals surface area contributed by atoms with Gasteiger partial charge in [0.1, 0.15) is 0 Å². The predicted molar refractivity (Wildman–Crippen MR) is 85.5 cm³/mol. The van der Waals surface area contributed by atoms with E-state index in [0.717, 1.165) is 38.4 Å². The molecule has 1 aromatic heterocycles. The average molecular weight is 287 g/mol. The maximum atomic E-state index is 5.58. The van der Waals surface area contributed by atoms with Crippen LogP contribution in [0.15, 0.2) is 42.7 Å². The van der Waals surface area contributed by atoms with Gasteiger partial charge in [-0.25, -0.2) is 4.68 Å². The summed E-state index contributed by atoms with van der Waals surface area (Å²) in [7, 11) is 0. The third-order valence-corrected chi connectivity index (χ3v) is 3.30. The lowest BCUT2D eigenvalue weighted by Crippen LogP contribution is -2.19. The van der Waals surface area contributed by atoms with Crippen molar-refractivity contribution in [3.8, 4) is 5.69 Å². The molecule has 0 aliphatic heterocycles. The molecule has 4 heteroatoms. The first-order valence-corrected chi connectivity index (χ1v) is 7.63. The van der Waals surface area contributed by atoms with E-state index in [1.165, 1.54) is 5.56 Å². The van der Waals surface area contributed by atoms with Crippen molar-refractivity contribution in [2.75, 3.05) is 19.8 Å². The minimum absolute atomic E-state index is 0.714. The molecule has 0 saturated heterocycles. The molecular formula is C17H25N3O. The molecule has 2 aromatic rings. The quantitative estimate of drug-likeness (QED) is 0.721. The van der Waals surface area contributed by atoms with Crippen molar-refractivity contribution >= 4 is 0 Å². The molecule has 0 aliphatic rings. The van der Waals surface area contributed by atoms with E-state index in [-0.39, 0.29) is 0 Å². The van der Waals surface area contributed by atoms with Gasteiger partial charge in [0.05, 0.1) is 12.3 Å². The fraction of sp³-hybridized carbons (Fsp3) is 0.471. The highest BCUT2D eigenvalue weighted by Crippen LogP contribution is 2.08. The van der Waals surface area contributed by atoms with Gasteiger partial charge in [-0.2, -0.15) is 5.10 Å². The summed E-state index contributed by atoms with van der Waals surface area (Å²) in [5.74, 6) is 0.714. The van der Waals surface area contributed by atoms with Gasteiger partial charge in [-0.15, -0.1) is 0 Å². The lowest BCUT2D eigenvalue weighted by atomic mass is 10.1. The monoisotopic (exact) mass is 287 g/mol. The average Bonchev–Trinajstić information content (AvgIpc) is 3.01. The van der Waals surface area contributed by atoms with Crippen molar-refractivity contribution < 1.29 is 4.74 Å². The number of nitrogens with zero attached hydrogens (tertiary/aromatic N) is 2. The van der Waals surface area contributed by atoms with E-state index < -0.39 is 0 Å². The largest absolute Gasteiger partial charge is 0.380 e. The van der Waals surface area contributed by atoms with E-state index in [4.69, 9.17) is 4.74 Å². The van der Waals surface area contributed by atoms with Crippen LogP contribution in [0.5, 0.6) is 0 Å². The first-order chi connectivity index (χ1) is 10.3. The number of hydrogen-bond acceptors (Lipinski definition) is 3. The van der Waals surface area contributed by atoms with Crippen LogP contribution in [0.25, 0.3) is 5.69 Å². The lowest BCUT2D eigenvalue weighted by molar-refractivity contribution is 0.125.